The number of amides is 2. The van der Waals surface area contributed by atoms with Gasteiger partial charge in [0.05, 0.1) is 11.1 Å². The molecule has 1 unspecified atom stereocenters. The Balaban J connectivity index is 1.54. The predicted molar refractivity (Wildman–Crippen MR) is 99.4 cm³/mol. The maximum absolute atomic E-state index is 12.3. The highest BCUT2D eigenvalue weighted by atomic mass is 32.1. The van der Waals surface area contributed by atoms with Crippen LogP contribution in [0.3, 0.4) is 0 Å². The molecule has 2 aromatic heterocycles. The molecule has 2 N–H and O–H groups in total. The molecule has 130 valence electrons. The molecule has 1 aliphatic rings. The Morgan fingerprint density at radius 3 is 2.77 bits per heavy atom. The van der Waals surface area contributed by atoms with Crippen molar-refractivity contribution in [3.63, 3.8) is 0 Å². The van der Waals surface area contributed by atoms with Gasteiger partial charge in [0, 0.05) is 24.3 Å². The number of carbonyl (C=O) groups is 2. The maximum Gasteiger partial charge on any atom is 0.275 e. The number of rotatable bonds is 3. The largest absolute Gasteiger partial charge is 0.335 e. The van der Waals surface area contributed by atoms with Crippen LogP contribution in [-0.4, -0.2) is 28.8 Å². The number of anilines is 2. The van der Waals surface area contributed by atoms with Crippen molar-refractivity contribution in [3.8, 4) is 0 Å². The van der Waals surface area contributed by atoms with Gasteiger partial charge in [-0.3, -0.25) is 9.59 Å². The van der Waals surface area contributed by atoms with E-state index in [1.807, 2.05) is 24.1 Å². The summed E-state index contributed by atoms with van der Waals surface area (Å²) in [5.41, 5.74) is 4.11. The molecule has 0 fully saturated rings. The van der Waals surface area contributed by atoms with Crippen LogP contribution in [0, 0.1) is 0 Å². The van der Waals surface area contributed by atoms with Gasteiger partial charge in [-0.1, -0.05) is 12.1 Å². The third-order valence-corrected chi connectivity index (χ3v) is 4.76. The highest BCUT2D eigenvalue weighted by molar-refractivity contribution is 7.07. The number of thiazole rings is 1. The first-order valence-electron chi connectivity index (χ1n) is 7.92. The summed E-state index contributed by atoms with van der Waals surface area (Å²) < 4.78 is 0. The van der Waals surface area contributed by atoms with Crippen molar-refractivity contribution in [2.45, 2.75) is 6.17 Å². The van der Waals surface area contributed by atoms with E-state index in [0.717, 1.165) is 5.56 Å². The van der Waals surface area contributed by atoms with Gasteiger partial charge in [-0.2, -0.15) is 0 Å². The molecule has 3 aromatic rings. The van der Waals surface area contributed by atoms with Crippen LogP contribution in [0.1, 0.15) is 32.6 Å². The van der Waals surface area contributed by atoms with Gasteiger partial charge in [0.15, 0.2) is 0 Å². The van der Waals surface area contributed by atoms with E-state index >= 15 is 0 Å². The van der Waals surface area contributed by atoms with E-state index in [9.17, 15) is 9.59 Å². The van der Waals surface area contributed by atoms with Crippen LogP contribution >= 0.6 is 11.3 Å². The molecule has 4 rings (SSSR count). The van der Waals surface area contributed by atoms with Crippen LogP contribution in [0.15, 0.2) is 53.5 Å². The molecule has 1 aliphatic heterocycles. The minimum atomic E-state index is -0.326. The van der Waals surface area contributed by atoms with Crippen molar-refractivity contribution in [2.24, 2.45) is 0 Å². The van der Waals surface area contributed by atoms with Crippen LogP contribution in [0.2, 0.25) is 0 Å². The predicted octanol–water partition coefficient (Wildman–Crippen LogP) is 2.67. The molecule has 26 heavy (non-hydrogen) atoms. The highest BCUT2D eigenvalue weighted by Crippen LogP contribution is 2.30. The Labute approximate surface area is 153 Å². The number of aromatic nitrogens is 2. The van der Waals surface area contributed by atoms with Crippen molar-refractivity contribution in [3.05, 3.63) is 70.3 Å². The summed E-state index contributed by atoms with van der Waals surface area (Å²) >= 11 is 1.37. The van der Waals surface area contributed by atoms with Crippen molar-refractivity contribution < 1.29 is 9.59 Å². The Bertz CT molecular complexity index is 956. The first kappa shape index (κ1) is 16.2. The fourth-order valence-electron chi connectivity index (χ4n) is 2.85. The Kier molecular flexibility index (Phi) is 4.10. The van der Waals surface area contributed by atoms with E-state index in [1.54, 1.807) is 41.4 Å². The summed E-state index contributed by atoms with van der Waals surface area (Å²) in [7, 11) is 1.88. The summed E-state index contributed by atoms with van der Waals surface area (Å²) in [5.74, 6) is 0.236. The molecule has 7 nitrogen and oxygen atoms in total. The lowest BCUT2D eigenvalue weighted by atomic mass is 10.1. The van der Waals surface area contributed by atoms with Gasteiger partial charge in [-0.25, -0.2) is 9.97 Å². The molecule has 2 amide bonds. The zero-order valence-electron chi connectivity index (χ0n) is 13.8. The lowest BCUT2D eigenvalue weighted by Gasteiger charge is -2.35. The van der Waals surface area contributed by atoms with Crippen LogP contribution < -0.4 is 15.5 Å². The van der Waals surface area contributed by atoms with E-state index in [0.29, 0.717) is 22.8 Å². The Morgan fingerprint density at radius 1 is 1.23 bits per heavy atom. The van der Waals surface area contributed by atoms with E-state index in [-0.39, 0.29) is 18.0 Å². The minimum Gasteiger partial charge on any atom is -0.335 e. The first-order chi connectivity index (χ1) is 12.6. The summed E-state index contributed by atoms with van der Waals surface area (Å²) in [5, 5.41) is 7.47. The number of fused-ring (bicyclic) bond motifs is 1. The number of hydrogen-bond donors (Lipinski definition) is 2. The quantitative estimate of drug-likeness (QED) is 0.745. The topological polar surface area (TPSA) is 87.2 Å². The molecule has 0 bridgehead atoms. The van der Waals surface area contributed by atoms with Crippen molar-refractivity contribution >= 4 is 34.7 Å². The summed E-state index contributed by atoms with van der Waals surface area (Å²) in [6, 6.07) is 10.8. The number of hydrogen-bond acceptors (Lipinski definition) is 6. The molecular formula is C18H15N5O2S. The average Bonchev–Trinajstić information content (AvgIpc) is 3.20. The molecule has 0 saturated carbocycles. The SMILES string of the molecule is CN1c2ncccc2C(=O)NC1c1ccc(NC(=O)c2cscn2)cc1. The standard InChI is InChI=1S/C18H15N5O2S/c1-23-15(22-17(24)13-3-2-8-19-16(13)23)11-4-6-12(7-5-11)21-18(25)14-9-26-10-20-14/h2-10,15H,1H3,(H,21,25)(H,22,24). The lowest BCUT2D eigenvalue weighted by molar-refractivity contribution is 0.0926. The van der Waals surface area contributed by atoms with Crippen LogP contribution in [0.4, 0.5) is 11.5 Å². The summed E-state index contributed by atoms with van der Waals surface area (Å²) in [6.45, 7) is 0. The fourth-order valence-corrected chi connectivity index (χ4v) is 3.38. The normalized spacial score (nSPS) is 16.0. The van der Waals surface area contributed by atoms with Gasteiger partial charge in [0.1, 0.15) is 17.7 Å². The number of benzene rings is 1. The summed E-state index contributed by atoms with van der Waals surface area (Å²) in [4.78, 5) is 34.6. The maximum atomic E-state index is 12.3. The molecule has 8 heteroatoms. The second-order valence-corrected chi connectivity index (χ2v) is 6.53. The highest BCUT2D eigenvalue weighted by Gasteiger charge is 2.30. The number of carbonyl (C=O) groups excluding carboxylic acids is 2. The van der Waals surface area contributed by atoms with E-state index in [2.05, 4.69) is 20.6 Å². The second-order valence-electron chi connectivity index (χ2n) is 5.81. The van der Waals surface area contributed by atoms with Gasteiger partial charge in [0.2, 0.25) is 0 Å². The first-order valence-corrected chi connectivity index (χ1v) is 8.86. The van der Waals surface area contributed by atoms with Gasteiger partial charge in [-0.15, -0.1) is 11.3 Å². The average molecular weight is 365 g/mol. The number of nitrogens with one attached hydrogen (secondary N) is 2. The monoisotopic (exact) mass is 365 g/mol. The van der Waals surface area contributed by atoms with Crippen LogP contribution in [0.25, 0.3) is 0 Å². The zero-order valence-corrected chi connectivity index (χ0v) is 14.7. The molecular weight excluding hydrogens is 350 g/mol. The van der Waals surface area contributed by atoms with Crippen LogP contribution in [0.5, 0.6) is 0 Å². The third-order valence-electron chi connectivity index (χ3n) is 4.17. The lowest BCUT2D eigenvalue weighted by Crippen LogP contribution is -2.45. The molecule has 0 saturated heterocycles. The number of pyridine rings is 1. The van der Waals surface area contributed by atoms with Gasteiger partial charge >= 0.3 is 0 Å². The fraction of sp³-hybridized carbons (Fsp3) is 0.111. The van der Waals surface area contributed by atoms with Gasteiger partial charge in [-0.05, 0) is 29.8 Å². The molecule has 1 aromatic carbocycles. The summed E-state index contributed by atoms with van der Waals surface area (Å²) in [6.07, 6.45) is 1.34. The number of nitrogens with zero attached hydrogens (tertiary/aromatic N) is 3. The van der Waals surface area contributed by atoms with E-state index in [1.165, 1.54) is 11.3 Å². The molecule has 0 spiro atoms. The van der Waals surface area contributed by atoms with E-state index in [4.69, 9.17) is 0 Å². The van der Waals surface area contributed by atoms with E-state index < -0.39 is 0 Å². The molecule has 0 aliphatic carbocycles. The smallest absolute Gasteiger partial charge is 0.275 e. The van der Waals surface area contributed by atoms with Gasteiger partial charge in [0.25, 0.3) is 11.8 Å². The minimum absolute atomic E-state index is 0.155. The van der Waals surface area contributed by atoms with Crippen molar-refractivity contribution in [2.75, 3.05) is 17.3 Å². The van der Waals surface area contributed by atoms with Crippen molar-refractivity contribution in [1.29, 1.82) is 0 Å². The van der Waals surface area contributed by atoms with Gasteiger partial charge < -0.3 is 15.5 Å². The Morgan fingerprint density at radius 2 is 2.04 bits per heavy atom. The van der Waals surface area contributed by atoms with Crippen molar-refractivity contribution in [1.82, 2.24) is 15.3 Å². The molecule has 3 heterocycles. The van der Waals surface area contributed by atoms with Crippen LogP contribution in [-0.2, 0) is 0 Å². The molecule has 0 radical (unpaired) electrons. The third kappa shape index (κ3) is 2.91. The Hall–Kier alpha value is -3.26. The molecule has 1 atom stereocenters. The second kappa shape index (κ2) is 6.57. The zero-order chi connectivity index (χ0) is 18.1.